The molecular weight excluding hydrogens is 316 g/mol. The molecule has 0 amide bonds. The molecule has 1 fully saturated rings. The van der Waals surface area contributed by atoms with Crippen molar-refractivity contribution in [1.29, 1.82) is 0 Å². The lowest BCUT2D eigenvalue weighted by atomic mass is 9.87. The first-order chi connectivity index (χ1) is 10.9. The van der Waals surface area contributed by atoms with Crippen LogP contribution in [0.1, 0.15) is 32.1 Å². The molecule has 0 atom stereocenters. The Bertz CT molecular complexity index is 711. The standard InChI is InChI=1S/C14H18N6O2S/c15-12-17-13(16)19(14(18-12)6-2-1-3-7-14)10-5-4-9(20(21)22)8-11(10)23/h4-5,8,23H,1-3,6-7H2,(H4,15,16,17,18). The number of hydrogen-bond donors (Lipinski definition) is 3. The molecule has 1 spiro atoms. The molecule has 1 aliphatic heterocycles. The van der Waals surface area contributed by atoms with E-state index in [1.54, 1.807) is 6.07 Å². The van der Waals surface area contributed by atoms with Gasteiger partial charge < -0.3 is 11.5 Å². The van der Waals surface area contributed by atoms with E-state index in [0.717, 1.165) is 32.1 Å². The summed E-state index contributed by atoms with van der Waals surface area (Å²) in [5.74, 6) is 0.409. The Morgan fingerprint density at radius 2 is 1.96 bits per heavy atom. The second kappa shape index (κ2) is 5.73. The van der Waals surface area contributed by atoms with Gasteiger partial charge in [0.05, 0.1) is 10.6 Å². The Morgan fingerprint density at radius 3 is 2.57 bits per heavy atom. The van der Waals surface area contributed by atoms with Crippen molar-refractivity contribution in [1.82, 2.24) is 0 Å². The maximum absolute atomic E-state index is 10.9. The second-order valence-corrected chi connectivity index (χ2v) is 6.23. The van der Waals surface area contributed by atoms with E-state index in [4.69, 9.17) is 11.5 Å². The highest BCUT2D eigenvalue weighted by Gasteiger charge is 2.43. The number of anilines is 1. The molecule has 4 N–H and O–H groups in total. The van der Waals surface area contributed by atoms with Crippen LogP contribution in [0.15, 0.2) is 33.1 Å². The van der Waals surface area contributed by atoms with Crippen LogP contribution in [0.2, 0.25) is 0 Å². The Balaban J connectivity index is 2.09. The molecule has 0 saturated heterocycles. The number of guanidine groups is 2. The maximum Gasteiger partial charge on any atom is 0.270 e. The van der Waals surface area contributed by atoms with Gasteiger partial charge in [0.1, 0.15) is 5.66 Å². The van der Waals surface area contributed by atoms with Gasteiger partial charge >= 0.3 is 0 Å². The average molecular weight is 334 g/mol. The van der Waals surface area contributed by atoms with E-state index < -0.39 is 10.6 Å². The summed E-state index contributed by atoms with van der Waals surface area (Å²) in [6, 6.07) is 4.47. The fourth-order valence-electron chi connectivity index (χ4n) is 3.28. The van der Waals surface area contributed by atoms with Gasteiger partial charge in [-0.3, -0.25) is 15.0 Å². The van der Waals surface area contributed by atoms with Crippen LogP contribution in [0.25, 0.3) is 0 Å². The van der Waals surface area contributed by atoms with Gasteiger partial charge in [0.2, 0.25) is 11.9 Å². The Morgan fingerprint density at radius 1 is 1.26 bits per heavy atom. The molecular formula is C14H18N6O2S. The van der Waals surface area contributed by atoms with Crippen LogP contribution in [0, 0.1) is 10.1 Å². The highest BCUT2D eigenvalue weighted by Crippen LogP contribution is 2.41. The molecule has 2 aliphatic rings. The zero-order valence-electron chi connectivity index (χ0n) is 12.5. The third-order valence-electron chi connectivity index (χ3n) is 4.26. The van der Waals surface area contributed by atoms with Crippen molar-refractivity contribution in [3.8, 4) is 0 Å². The van der Waals surface area contributed by atoms with Gasteiger partial charge in [-0.2, -0.15) is 4.99 Å². The van der Waals surface area contributed by atoms with E-state index in [1.165, 1.54) is 12.1 Å². The summed E-state index contributed by atoms with van der Waals surface area (Å²) in [5, 5.41) is 10.9. The molecule has 9 heteroatoms. The Hall–Kier alpha value is -2.29. The third kappa shape index (κ3) is 2.72. The number of benzene rings is 1. The maximum atomic E-state index is 10.9. The van der Waals surface area contributed by atoms with Crippen LogP contribution >= 0.6 is 12.6 Å². The summed E-state index contributed by atoms with van der Waals surface area (Å²) in [6.45, 7) is 0. The van der Waals surface area contributed by atoms with Crippen molar-refractivity contribution < 1.29 is 4.92 Å². The summed E-state index contributed by atoms with van der Waals surface area (Å²) in [4.78, 5) is 21.4. The first kappa shape index (κ1) is 15.6. The predicted octanol–water partition coefficient (Wildman–Crippen LogP) is 1.99. The molecule has 0 bridgehead atoms. The van der Waals surface area contributed by atoms with Crippen LogP contribution in [-0.4, -0.2) is 22.5 Å². The van der Waals surface area contributed by atoms with Crippen LogP contribution in [0.5, 0.6) is 0 Å². The summed E-state index contributed by atoms with van der Waals surface area (Å²) < 4.78 is 0. The van der Waals surface area contributed by atoms with Gasteiger partial charge in [-0.05, 0) is 31.7 Å². The lowest BCUT2D eigenvalue weighted by Crippen LogP contribution is -2.58. The first-order valence-electron chi connectivity index (χ1n) is 7.40. The molecule has 1 aliphatic carbocycles. The smallest absolute Gasteiger partial charge is 0.270 e. The van der Waals surface area contributed by atoms with E-state index >= 15 is 0 Å². The molecule has 0 radical (unpaired) electrons. The number of rotatable bonds is 2. The zero-order chi connectivity index (χ0) is 16.6. The normalized spacial score (nSPS) is 20.1. The molecule has 0 unspecified atom stereocenters. The van der Waals surface area contributed by atoms with Gasteiger partial charge in [0, 0.05) is 17.0 Å². The van der Waals surface area contributed by atoms with Gasteiger partial charge in [-0.1, -0.05) is 6.42 Å². The largest absolute Gasteiger partial charge is 0.369 e. The number of thiol groups is 1. The third-order valence-corrected chi connectivity index (χ3v) is 4.62. The minimum atomic E-state index is -0.582. The van der Waals surface area contributed by atoms with E-state index in [9.17, 15) is 10.1 Å². The van der Waals surface area contributed by atoms with Crippen molar-refractivity contribution in [3.63, 3.8) is 0 Å². The molecule has 1 heterocycles. The Kier molecular flexibility index (Phi) is 3.88. The van der Waals surface area contributed by atoms with Gasteiger partial charge in [0.15, 0.2) is 0 Å². The van der Waals surface area contributed by atoms with Crippen LogP contribution in [0.4, 0.5) is 11.4 Å². The Labute approximate surface area is 138 Å². The topological polar surface area (TPSA) is 123 Å². The summed E-state index contributed by atoms with van der Waals surface area (Å²) in [5.41, 5.74) is 12.0. The average Bonchev–Trinajstić information content (AvgIpc) is 2.48. The van der Waals surface area contributed by atoms with Crippen molar-refractivity contribution in [2.75, 3.05) is 4.90 Å². The van der Waals surface area contributed by atoms with Crippen LogP contribution in [-0.2, 0) is 0 Å². The monoisotopic (exact) mass is 334 g/mol. The van der Waals surface area contributed by atoms with Gasteiger partial charge in [-0.15, -0.1) is 12.6 Å². The first-order valence-corrected chi connectivity index (χ1v) is 7.85. The number of non-ortho nitro benzene ring substituents is 1. The summed E-state index contributed by atoms with van der Waals surface area (Å²) >= 11 is 4.40. The van der Waals surface area contributed by atoms with Gasteiger partial charge in [-0.25, -0.2) is 4.99 Å². The summed E-state index contributed by atoms with van der Waals surface area (Å²) in [6.07, 6.45) is 4.75. The molecule has 0 aromatic heterocycles. The number of aliphatic imine (C=N–C) groups is 2. The molecule has 1 aromatic carbocycles. The van der Waals surface area contributed by atoms with Crippen LogP contribution in [0.3, 0.4) is 0 Å². The van der Waals surface area contributed by atoms with E-state index in [0.29, 0.717) is 10.6 Å². The molecule has 122 valence electrons. The molecule has 8 nitrogen and oxygen atoms in total. The van der Waals surface area contributed by atoms with Crippen molar-refractivity contribution >= 4 is 35.9 Å². The van der Waals surface area contributed by atoms with Crippen molar-refractivity contribution in [2.24, 2.45) is 21.5 Å². The lowest BCUT2D eigenvalue weighted by Gasteiger charge is -2.45. The molecule has 3 rings (SSSR count). The number of nitrogens with two attached hydrogens (primary N) is 2. The number of hydrogen-bond acceptors (Lipinski definition) is 8. The zero-order valence-corrected chi connectivity index (χ0v) is 13.4. The SMILES string of the molecule is NC1=NC2(CCCCC2)N(c2ccc([N+](=O)[O-])cc2S)C(N)=N1. The fourth-order valence-corrected chi connectivity index (χ4v) is 3.59. The highest BCUT2D eigenvalue weighted by atomic mass is 32.1. The lowest BCUT2D eigenvalue weighted by molar-refractivity contribution is -0.385. The number of nitro groups is 1. The van der Waals surface area contributed by atoms with Crippen LogP contribution < -0.4 is 16.4 Å². The number of nitrogens with zero attached hydrogens (tertiary/aromatic N) is 4. The highest BCUT2D eigenvalue weighted by molar-refractivity contribution is 7.80. The quantitative estimate of drug-likeness (QED) is 0.433. The molecule has 23 heavy (non-hydrogen) atoms. The van der Waals surface area contributed by atoms with Crippen molar-refractivity contribution in [3.05, 3.63) is 28.3 Å². The minimum absolute atomic E-state index is 0.0213. The summed E-state index contributed by atoms with van der Waals surface area (Å²) in [7, 11) is 0. The minimum Gasteiger partial charge on any atom is -0.369 e. The molecule has 1 saturated carbocycles. The number of nitro benzene ring substituents is 1. The fraction of sp³-hybridized carbons (Fsp3) is 0.429. The van der Waals surface area contributed by atoms with E-state index in [1.807, 2.05) is 4.90 Å². The van der Waals surface area contributed by atoms with Gasteiger partial charge in [0.25, 0.3) is 5.69 Å². The van der Waals surface area contributed by atoms with Crippen molar-refractivity contribution in [2.45, 2.75) is 42.7 Å². The van der Waals surface area contributed by atoms with E-state index in [2.05, 4.69) is 22.6 Å². The van der Waals surface area contributed by atoms with E-state index in [-0.39, 0.29) is 17.6 Å². The predicted molar refractivity (Wildman–Crippen MR) is 91.9 cm³/mol. The molecule has 1 aromatic rings. The second-order valence-electron chi connectivity index (χ2n) is 5.75.